The van der Waals surface area contributed by atoms with E-state index in [4.69, 9.17) is 0 Å². The summed E-state index contributed by atoms with van der Waals surface area (Å²) in [5, 5.41) is 0. The first-order valence-corrected chi connectivity index (χ1v) is 6.18. The molecule has 0 spiro atoms. The first kappa shape index (κ1) is 9.55. The summed E-state index contributed by atoms with van der Waals surface area (Å²) in [6.07, 6.45) is 8.97. The summed E-state index contributed by atoms with van der Waals surface area (Å²) in [6.45, 7) is 7.44. The van der Waals surface area contributed by atoms with E-state index in [1.807, 2.05) is 0 Å². The van der Waals surface area contributed by atoms with Crippen LogP contribution < -0.4 is 0 Å². The lowest BCUT2D eigenvalue weighted by Gasteiger charge is -2.44. The van der Waals surface area contributed by atoms with Gasteiger partial charge in [-0.25, -0.2) is 0 Å². The van der Waals surface area contributed by atoms with Crippen molar-refractivity contribution < 1.29 is 0 Å². The molecule has 0 aromatic heterocycles. The zero-order chi connectivity index (χ0) is 9.47. The summed E-state index contributed by atoms with van der Waals surface area (Å²) in [5.41, 5.74) is 0.721. The van der Waals surface area contributed by atoms with Crippen LogP contribution in [0.2, 0.25) is 0 Å². The lowest BCUT2D eigenvalue weighted by atomic mass is 9.61. The molecule has 0 heteroatoms. The number of fused-ring (bicyclic) bond motifs is 1. The van der Waals surface area contributed by atoms with E-state index in [0.717, 1.165) is 23.2 Å². The molecule has 4 atom stereocenters. The first-order valence-electron chi connectivity index (χ1n) is 6.18. The van der Waals surface area contributed by atoms with E-state index in [1.54, 1.807) is 0 Å². The third kappa shape index (κ3) is 1.33. The van der Waals surface area contributed by atoms with Crippen LogP contribution in [-0.2, 0) is 0 Å². The van der Waals surface area contributed by atoms with Gasteiger partial charge in [-0.1, -0.05) is 40.0 Å². The van der Waals surface area contributed by atoms with Crippen molar-refractivity contribution in [2.45, 2.75) is 59.3 Å². The Morgan fingerprint density at radius 1 is 1.23 bits per heavy atom. The average Bonchev–Trinajstić information content (AvgIpc) is 2.43. The summed E-state index contributed by atoms with van der Waals surface area (Å²) in [7, 11) is 0. The van der Waals surface area contributed by atoms with E-state index in [0.29, 0.717) is 0 Å². The van der Waals surface area contributed by atoms with Crippen LogP contribution in [0.4, 0.5) is 0 Å². The van der Waals surface area contributed by atoms with Crippen LogP contribution in [0, 0.1) is 23.2 Å². The van der Waals surface area contributed by atoms with Crippen LogP contribution in [0.1, 0.15) is 59.3 Å². The maximum Gasteiger partial charge on any atom is -0.0269 e. The Labute approximate surface area is 83.1 Å². The second-order valence-corrected chi connectivity index (χ2v) is 5.65. The van der Waals surface area contributed by atoms with Gasteiger partial charge in [0, 0.05) is 0 Å². The molecule has 4 unspecified atom stereocenters. The standard InChI is InChI=1S/C13H24/c1-4-11-6-5-9-13(3)10(2)7-8-12(11)13/h10-12H,4-9H2,1-3H3. The van der Waals surface area contributed by atoms with Gasteiger partial charge in [0.2, 0.25) is 0 Å². The molecule has 0 aromatic carbocycles. The molecule has 0 amide bonds. The summed E-state index contributed by atoms with van der Waals surface area (Å²) < 4.78 is 0. The molecule has 2 aliphatic carbocycles. The highest BCUT2D eigenvalue weighted by atomic mass is 14.5. The summed E-state index contributed by atoms with van der Waals surface area (Å²) >= 11 is 0. The molecule has 2 aliphatic rings. The largest absolute Gasteiger partial charge is 0.0651 e. The van der Waals surface area contributed by atoms with E-state index in [1.165, 1.54) is 38.5 Å². The van der Waals surface area contributed by atoms with Gasteiger partial charge in [-0.2, -0.15) is 0 Å². The Morgan fingerprint density at radius 3 is 2.69 bits per heavy atom. The highest BCUT2D eigenvalue weighted by Gasteiger charge is 2.48. The molecule has 0 nitrogen and oxygen atoms in total. The maximum atomic E-state index is 2.57. The van der Waals surface area contributed by atoms with E-state index in [2.05, 4.69) is 20.8 Å². The van der Waals surface area contributed by atoms with Crippen molar-refractivity contribution in [2.75, 3.05) is 0 Å². The molecule has 76 valence electrons. The molecule has 2 saturated carbocycles. The van der Waals surface area contributed by atoms with Gasteiger partial charge < -0.3 is 0 Å². The highest BCUT2D eigenvalue weighted by Crippen LogP contribution is 2.57. The van der Waals surface area contributed by atoms with Gasteiger partial charge in [-0.05, 0) is 42.4 Å². The highest BCUT2D eigenvalue weighted by molar-refractivity contribution is 4.98. The van der Waals surface area contributed by atoms with Crippen LogP contribution in [0.25, 0.3) is 0 Å². The van der Waals surface area contributed by atoms with Gasteiger partial charge in [-0.15, -0.1) is 0 Å². The number of hydrogen-bond donors (Lipinski definition) is 0. The molecular formula is C13H24. The molecular weight excluding hydrogens is 156 g/mol. The maximum absolute atomic E-state index is 2.57. The van der Waals surface area contributed by atoms with Crippen molar-refractivity contribution in [3.05, 3.63) is 0 Å². The lowest BCUT2D eigenvalue weighted by Crippen LogP contribution is -2.35. The van der Waals surface area contributed by atoms with Crippen LogP contribution in [0.5, 0.6) is 0 Å². The minimum Gasteiger partial charge on any atom is -0.0651 e. The molecule has 13 heavy (non-hydrogen) atoms. The van der Waals surface area contributed by atoms with Gasteiger partial charge in [-0.3, -0.25) is 0 Å². The van der Waals surface area contributed by atoms with Gasteiger partial charge >= 0.3 is 0 Å². The Balaban J connectivity index is 2.18. The Hall–Kier alpha value is 0. The molecule has 0 heterocycles. The van der Waals surface area contributed by atoms with E-state index in [-0.39, 0.29) is 0 Å². The Bertz CT molecular complexity index is 184. The average molecular weight is 180 g/mol. The van der Waals surface area contributed by atoms with Crippen molar-refractivity contribution in [3.8, 4) is 0 Å². The van der Waals surface area contributed by atoms with Crippen LogP contribution in [-0.4, -0.2) is 0 Å². The van der Waals surface area contributed by atoms with Gasteiger partial charge in [0.05, 0.1) is 0 Å². The topological polar surface area (TPSA) is 0 Å². The second kappa shape index (κ2) is 3.29. The molecule has 2 rings (SSSR count). The Morgan fingerprint density at radius 2 is 2.00 bits per heavy atom. The molecule has 0 aliphatic heterocycles. The predicted octanol–water partition coefficient (Wildman–Crippen LogP) is 4.25. The predicted molar refractivity (Wildman–Crippen MR) is 57.6 cm³/mol. The zero-order valence-electron chi connectivity index (χ0n) is 9.47. The van der Waals surface area contributed by atoms with Crippen molar-refractivity contribution in [2.24, 2.45) is 23.2 Å². The molecule has 2 fully saturated rings. The van der Waals surface area contributed by atoms with E-state index >= 15 is 0 Å². The van der Waals surface area contributed by atoms with Crippen molar-refractivity contribution in [3.63, 3.8) is 0 Å². The fourth-order valence-electron chi connectivity index (χ4n) is 4.10. The number of rotatable bonds is 1. The summed E-state index contributed by atoms with van der Waals surface area (Å²) in [4.78, 5) is 0. The molecule has 0 saturated heterocycles. The SMILES string of the molecule is CCC1CCCC2(C)C(C)CCC12. The van der Waals surface area contributed by atoms with Crippen molar-refractivity contribution in [1.82, 2.24) is 0 Å². The van der Waals surface area contributed by atoms with Crippen LogP contribution >= 0.6 is 0 Å². The fraction of sp³-hybridized carbons (Fsp3) is 1.00. The minimum atomic E-state index is 0.721. The second-order valence-electron chi connectivity index (χ2n) is 5.65. The molecule has 0 radical (unpaired) electrons. The van der Waals surface area contributed by atoms with Crippen LogP contribution in [0.3, 0.4) is 0 Å². The van der Waals surface area contributed by atoms with E-state index < -0.39 is 0 Å². The van der Waals surface area contributed by atoms with Gasteiger partial charge in [0.25, 0.3) is 0 Å². The van der Waals surface area contributed by atoms with Gasteiger partial charge in [0.15, 0.2) is 0 Å². The Kier molecular flexibility index (Phi) is 2.42. The number of hydrogen-bond acceptors (Lipinski definition) is 0. The molecule has 0 bridgehead atoms. The third-order valence-corrected chi connectivity index (χ3v) is 5.27. The molecule has 0 N–H and O–H groups in total. The smallest absolute Gasteiger partial charge is 0.0269 e. The monoisotopic (exact) mass is 180 g/mol. The minimum absolute atomic E-state index is 0.721. The zero-order valence-corrected chi connectivity index (χ0v) is 9.47. The lowest BCUT2D eigenvalue weighted by molar-refractivity contribution is 0.0558. The fourth-order valence-corrected chi connectivity index (χ4v) is 4.10. The van der Waals surface area contributed by atoms with Crippen LogP contribution in [0.15, 0.2) is 0 Å². The quantitative estimate of drug-likeness (QED) is 0.566. The summed E-state index contributed by atoms with van der Waals surface area (Å²) in [5.74, 6) is 3.12. The first-order chi connectivity index (χ1) is 6.18. The normalized spacial score (nSPS) is 50.5. The van der Waals surface area contributed by atoms with Crippen molar-refractivity contribution >= 4 is 0 Å². The summed E-state index contributed by atoms with van der Waals surface area (Å²) in [6, 6.07) is 0. The molecule has 0 aromatic rings. The van der Waals surface area contributed by atoms with Crippen molar-refractivity contribution in [1.29, 1.82) is 0 Å². The van der Waals surface area contributed by atoms with Gasteiger partial charge in [0.1, 0.15) is 0 Å². The third-order valence-electron chi connectivity index (χ3n) is 5.27. The van der Waals surface area contributed by atoms with E-state index in [9.17, 15) is 0 Å².